The highest BCUT2D eigenvalue weighted by atomic mass is 32.1. The number of hydrogen-bond acceptors (Lipinski definition) is 4. The second-order valence-corrected chi connectivity index (χ2v) is 7.12. The van der Waals surface area contributed by atoms with E-state index in [9.17, 15) is 9.59 Å². The van der Waals surface area contributed by atoms with Crippen LogP contribution in [0.4, 0.5) is 0 Å². The lowest BCUT2D eigenvalue weighted by Gasteiger charge is -2.25. The van der Waals surface area contributed by atoms with Crippen LogP contribution in [0, 0.1) is 4.77 Å². The summed E-state index contributed by atoms with van der Waals surface area (Å²) in [6.45, 7) is 2.38. The highest BCUT2D eigenvalue weighted by Gasteiger charge is 2.25. The number of carbonyl (C=O) groups excluding carboxylic acids is 1. The lowest BCUT2D eigenvalue weighted by atomic mass is 10.0. The molecule has 6 nitrogen and oxygen atoms in total. The van der Waals surface area contributed by atoms with Crippen molar-refractivity contribution in [2.24, 2.45) is 0 Å². The van der Waals surface area contributed by atoms with Gasteiger partial charge in [-0.2, -0.15) is 0 Å². The van der Waals surface area contributed by atoms with Crippen LogP contribution in [0.3, 0.4) is 0 Å². The number of aromatic amines is 1. The van der Waals surface area contributed by atoms with Crippen LogP contribution in [0.15, 0.2) is 23.0 Å². The molecule has 2 aromatic rings. The number of hydrogen-bond donors (Lipinski definition) is 2. The standard InChI is InChI=1S/C19H25N3O3S/c1-3-22-18(24)13-10-9-12(11-15(13)21-19(22)26)17(23)20-14-7-5-4-6-8-16(14)25-2/h9-11,14,16H,3-8H2,1-2H3,(H,20,23)(H,21,26)/t14-,16-/m0/s1. The van der Waals surface area contributed by atoms with Gasteiger partial charge in [0.1, 0.15) is 0 Å². The molecule has 1 aromatic heterocycles. The van der Waals surface area contributed by atoms with E-state index in [1.54, 1.807) is 25.3 Å². The molecule has 0 radical (unpaired) electrons. The number of H-pyrrole nitrogens is 1. The molecule has 1 saturated carbocycles. The molecular weight excluding hydrogens is 350 g/mol. The molecule has 0 bridgehead atoms. The van der Waals surface area contributed by atoms with Crippen molar-refractivity contribution in [3.05, 3.63) is 38.9 Å². The smallest absolute Gasteiger partial charge is 0.262 e. The first-order valence-electron chi connectivity index (χ1n) is 9.15. The fraction of sp³-hybridized carbons (Fsp3) is 0.526. The summed E-state index contributed by atoms with van der Waals surface area (Å²) < 4.78 is 7.44. The van der Waals surface area contributed by atoms with Gasteiger partial charge >= 0.3 is 0 Å². The molecule has 1 amide bonds. The van der Waals surface area contributed by atoms with Crippen molar-refractivity contribution < 1.29 is 9.53 Å². The molecule has 3 rings (SSSR count). The fourth-order valence-corrected chi connectivity index (χ4v) is 3.98. The predicted octanol–water partition coefficient (Wildman–Crippen LogP) is 3.16. The van der Waals surface area contributed by atoms with Crippen molar-refractivity contribution in [2.45, 2.75) is 57.7 Å². The number of methoxy groups -OCH3 is 1. The topological polar surface area (TPSA) is 76.1 Å². The summed E-state index contributed by atoms with van der Waals surface area (Å²) in [6, 6.07) is 5.08. The second-order valence-electron chi connectivity index (χ2n) is 6.73. The Kier molecular flexibility index (Phi) is 5.88. The van der Waals surface area contributed by atoms with Gasteiger partial charge < -0.3 is 15.0 Å². The summed E-state index contributed by atoms with van der Waals surface area (Å²) >= 11 is 5.24. The van der Waals surface area contributed by atoms with E-state index in [0.29, 0.717) is 27.8 Å². The molecule has 1 heterocycles. The molecule has 140 valence electrons. The van der Waals surface area contributed by atoms with Crippen molar-refractivity contribution in [3.63, 3.8) is 0 Å². The molecule has 0 saturated heterocycles. The number of rotatable bonds is 4. The number of amides is 1. The van der Waals surface area contributed by atoms with Gasteiger partial charge in [0.25, 0.3) is 11.5 Å². The van der Waals surface area contributed by atoms with E-state index >= 15 is 0 Å². The zero-order valence-corrected chi connectivity index (χ0v) is 16.0. The molecule has 0 unspecified atom stereocenters. The third-order valence-electron chi connectivity index (χ3n) is 5.13. The van der Waals surface area contributed by atoms with Crippen LogP contribution in [-0.2, 0) is 11.3 Å². The van der Waals surface area contributed by atoms with E-state index in [2.05, 4.69) is 10.3 Å². The quantitative estimate of drug-likeness (QED) is 0.636. The highest BCUT2D eigenvalue weighted by Crippen LogP contribution is 2.21. The summed E-state index contributed by atoms with van der Waals surface area (Å²) in [7, 11) is 1.70. The predicted molar refractivity (Wildman–Crippen MR) is 104 cm³/mol. The van der Waals surface area contributed by atoms with Gasteiger partial charge in [0, 0.05) is 19.2 Å². The van der Waals surface area contributed by atoms with E-state index in [1.807, 2.05) is 6.92 Å². The van der Waals surface area contributed by atoms with Crippen molar-refractivity contribution in [1.82, 2.24) is 14.9 Å². The van der Waals surface area contributed by atoms with Crippen molar-refractivity contribution in [2.75, 3.05) is 7.11 Å². The van der Waals surface area contributed by atoms with Crippen LogP contribution in [0.1, 0.15) is 49.4 Å². The number of fused-ring (bicyclic) bond motifs is 1. The molecule has 1 aliphatic rings. The van der Waals surface area contributed by atoms with Gasteiger partial charge in [-0.25, -0.2) is 0 Å². The Balaban J connectivity index is 1.89. The number of carbonyl (C=O) groups is 1. The first kappa shape index (κ1) is 18.8. The van der Waals surface area contributed by atoms with Gasteiger partial charge in [-0.3, -0.25) is 14.2 Å². The summed E-state index contributed by atoms with van der Waals surface area (Å²) in [4.78, 5) is 28.2. The zero-order chi connectivity index (χ0) is 18.7. The maximum absolute atomic E-state index is 12.7. The minimum atomic E-state index is -0.153. The van der Waals surface area contributed by atoms with Crippen LogP contribution in [-0.4, -0.2) is 34.7 Å². The summed E-state index contributed by atoms with van der Waals surface area (Å²) in [5.41, 5.74) is 0.957. The zero-order valence-electron chi connectivity index (χ0n) is 15.2. The monoisotopic (exact) mass is 375 g/mol. The molecular formula is C19H25N3O3S. The van der Waals surface area contributed by atoms with Crippen LogP contribution in [0.5, 0.6) is 0 Å². The van der Waals surface area contributed by atoms with Crippen molar-refractivity contribution >= 4 is 29.0 Å². The molecule has 0 spiro atoms. The van der Waals surface area contributed by atoms with Crippen LogP contribution in [0.2, 0.25) is 0 Å². The maximum Gasteiger partial charge on any atom is 0.262 e. The second kappa shape index (κ2) is 8.14. The average molecular weight is 375 g/mol. The SMILES string of the molecule is CCn1c(=S)[nH]c2cc(C(=O)N[C@H]3CCCCC[C@@H]3OC)ccc2c1=O. The van der Waals surface area contributed by atoms with E-state index in [1.165, 1.54) is 11.0 Å². The van der Waals surface area contributed by atoms with E-state index in [0.717, 1.165) is 25.7 Å². The van der Waals surface area contributed by atoms with Crippen molar-refractivity contribution in [1.29, 1.82) is 0 Å². The maximum atomic E-state index is 12.7. The lowest BCUT2D eigenvalue weighted by Crippen LogP contribution is -2.43. The first-order chi connectivity index (χ1) is 12.5. The summed E-state index contributed by atoms with van der Waals surface area (Å²) in [5.74, 6) is -0.153. The molecule has 1 aromatic carbocycles. The van der Waals surface area contributed by atoms with E-state index in [-0.39, 0.29) is 23.6 Å². The van der Waals surface area contributed by atoms with Crippen molar-refractivity contribution in [3.8, 4) is 0 Å². The Hall–Kier alpha value is -1.99. The van der Waals surface area contributed by atoms with Gasteiger partial charge in [-0.1, -0.05) is 19.3 Å². The minimum absolute atomic E-state index is 0.0114. The van der Waals surface area contributed by atoms with E-state index in [4.69, 9.17) is 17.0 Å². The molecule has 2 atom stereocenters. The van der Waals surface area contributed by atoms with Gasteiger partial charge in [0.05, 0.1) is 23.0 Å². The lowest BCUT2D eigenvalue weighted by molar-refractivity contribution is 0.0568. The van der Waals surface area contributed by atoms with Gasteiger partial charge in [0.15, 0.2) is 4.77 Å². The normalized spacial score (nSPS) is 20.7. The third-order valence-corrected chi connectivity index (χ3v) is 5.45. The average Bonchev–Trinajstić information content (AvgIpc) is 2.86. The summed E-state index contributed by atoms with van der Waals surface area (Å²) in [5, 5.41) is 3.63. The number of nitrogens with one attached hydrogen (secondary N) is 2. The van der Waals surface area contributed by atoms with Gasteiger partial charge in [0.2, 0.25) is 0 Å². The largest absolute Gasteiger partial charge is 0.379 e. The van der Waals surface area contributed by atoms with Crippen LogP contribution in [0.25, 0.3) is 10.9 Å². The summed E-state index contributed by atoms with van der Waals surface area (Å²) in [6.07, 6.45) is 5.31. The number of aromatic nitrogens is 2. The van der Waals surface area contributed by atoms with E-state index < -0.39 is 0 Å². The Bertz CT molecular complexity index is 918. The van der Waals surface area contributed by atoms with Gasteiger partial charge in [-0.15, -0.1) is 0 Å². The Morgan fingerprint density at radius 3 is 2.85 bits per heavy atom. The molecule has 7 heteroatoms. The Morgan fingerprint density at radius 2 is 2.12 bits per heavy atom. The number of ether oxygens (including phenoxy) is 1. The minimum Gasteiger partial charge on any atom is -0.379 e. The Morgan fingerprint density at radius 1 is 1.35 bits per heavy atom. The number of nitrogens with zero attached hydrogens (tertiary/aromatic N) is 1. The van der Waals surface area contributed by atoms with Gasteiger partial charge in [-0.05, 0) is 50.2 Å². The number of benzene rings is 1. The van der Waals surface area contributed by atoms with Crippen LogP contribution < -0.4 is 10.9 Å². The highest BCUT2D eigenvalue weighted by molar-refractivity contribution is 7.71. The third kappa shape index (κ3) is 3.73. The molecule has 26 heavy (non-hydrogen) atoms. The molecule has 2 N–H and O–H groups in total. The molecule has 1 aliphatic carbocycles. The van der Waals surface area contributed by atoms with Crippen LogP contribution >= 0.6 is 12.2 Å². The molecule has 1 fully saturated rings. The first-order valence-corrected chi connectivity index (χ1v) is 9.56. The fourth-order valence-electron chi connectivity index (χ4n) is 3.66. The molecule has 0 aliphatic heterocycles. The Labute approximate surface area is 157 Å².